The molecule has 0 radical (unpaired) electrons. The maximum atomic E-state index is 12.5. The minimum atomic E-state index is -4.47. The van der Waals surface area contributed by atoms with Crippen LogP contribution in [0.2, 0.25) is 0 Å². The maximum absolute atomic E-state index is 12.5. The third-order valence-corrected chi connectivity index (χ3v) is 4.12. The van der Waals surface area contributed by atoms with Gasteiger partial charge in [0.05, 0.1) is 6.54 Å². The number of likely N-dealkylation sites (tertiary alicyclic amines) is 1. The van der Waals surface area contributed by atoms with E-state index in [1.165, 1.54) is 6.07 Å². The number of alkyl halides is 3. The van der Waals surface area contributed by atoms with Crippen molar-refractivity contribution in [2.24, 2.45) is 5.92 Å². The molecule has 26 heavy (non-hydrogen) atoms. The number of nitrogens with one attached hydrogen (secondary N) is 2. The molecule has 1 aliphatic rings. The lowest BCUT2D eigenvalue weighted by atomic mass is 9.96. The highest BCUT2D eigenvalue weighted by Crippen LogP contribution is 2.27. The van der Waals surface area contributed by atoms with Gasteiger partial charge in [0.1, 0.15) is 5.82 Å². The first-order valence-corrected chi connectivity index (χ1v) is 8.71. The Bertz CT molecular complexity index is 590. The van der Waals surface area contributed by atoms with Crippen molar-refractivity contribution >= 4 is 11.7 Å². The van der Waals surface area contributed by atoms with Crippen LogP contribution in [0, 0.1) is 5.92 Å². The Morgan fingerprint density at radius 2 is 1.85 bits per heavy atom. The molecule has 2 N–H and O–H groups in total. The lowest BCUT2D eigenvalue weighted by molar-refractivity contribution is -0.141. The molecule has 2 heterocycles. The minimum Gasteiger partial charge on any atom is -0.368 e. The van der Waals surface area contributed by atoms with Gasteiger partial charge in [-0.2, -0.15) is 13.2 Å². The van der Waals surface area contributed by atoms with Crippen LogP contribution in [0.25, 0.3) is 0 Å². The molecular formula is C17H26F3N5O. The van der Waals surface area contributed by atoms with Crippen LogP contribution in [0.3, 0.4) is 0 Å². The predicted molar refractivity (Wildman–Crippen MR) is 92.6 cm³/mol. The van der Waals surface area contributed by atoms with Crippen molar-refractivity contribution in [2.75, 3.05) is 31.5 Å². The van der Waals surface area contributed by atoms with Gasteiger partial charge < -0.3 is 10.6 Å². The van der Waals surface area contributed by atoms with E-state index >= 15 is 0 Å². The largest absolute Gasteiger partial charge is 0.435 e. The van der Waals surface area contributed by atoms with Gasteiger partial charge in [-0.15, -0.1) is 10.2 Å². The zero-order chi connectivity index (χ0) is 19.4. The van der Waals surface area contributed by atoms with E-state index in [2.05, 4.69) is 25.7 Å². The van der Waals surface area contributed by atoms with Crippen molar-refractivity contribution in [2.45, 2.75) is 45.3 Å². The summed E-state index contributed by atoms with van der Waals surface area (Å²) in [7, 11) is 0. The molecule has 146 valence electrons. The Labute approximate surface area is 151 Å². The van der Waals surface area contributed by atoms with Crippen molar-refractivity contribution in [3.63, 3.8) is 0 Å². The smallest absolute Gasteiger partial charge is 0.368 e. The van der Waals surface area contributed by atoms with Gasteiger partial charge in [0.15, 0.2) is 5.69 Å². The number of nitrogens with zero attached hydrogens (tertiary/aromatic N) is 3. The first kappa shape index (κ1) is 20.4. The summed E-state index contributed by atoms with van der Waals surface area (Å²) < 4.78 is 37.4. The highest BCUT2D eigenvalue weighted by Gasteiger charge is 2.32. The molecule has 1 aromatic heterocycles. The van der Waals surface area contributed by atoms with Crippen molar-refractivity contribution in [3.05, 3.63) is 17.8 Å². The van der Waals surface area contributed by atoms with Gasteiger partial charge in [-0.3, -0.25) is 9.69 Å². The summed E-state index contributed by atoms with van der Waals surface area (Å²) in [6.45, 7) is 8.52. The Kier molecular flexibility index (Phi) is 6.44. The summed E-state index contributed by atoms with van der Waals surface area (Å²) in [5.74, 6) is 0.750. The third kappa shape index (κ3) is 6.78. The molecule has 2 rings (SSSR count). The molecule has 0 saturated carbocycles. The van der Waals surface area contributed by atoms with E-state index < -0.39 is 11.9 Å². The van der Waals surface area contributed by atoms with Crippen molar-refractivity contribution in [1.82, 2.24) is 20.4 Å². The molecule has 0 aromatic carbocycles. The lowest BCUT2D eigenvalue weighted by Gasteiger charge is -2.32. The number of hydrogen-bond acceptors (Lipinski definition) is 5. The fourth-order valence-corrected chi connectivity index (χ4v) is 2.84. The van der Waals surface area contributed by atoms with E-state index in [1.807, 2.05) is 20.8 Å². The Hall–Kier alpha value is -1.90. The number of hydrogen-bond donors (Lipinski definition) is 2. The zero-order valence-electron chi connectivity index (χ0n) is 15.4. The minimum absolute atomic E-state index is 0.0223. The number of carbonyl (C=O) groups is 1. The lowest BCUT2D eigenvalue weighted by Crippen LogP contribution is -2.47. The average Bonchev–Trinajstić information content (AvgIpc) is 2.52. The van der Waals surface area contributed by atoms with Crippen LogP contribution in [0.15, 0.2) is 12.1 Å². The standard InChI is InChI=1S/C17H26F3N5O/c1-16(2,3)22-15(26)11-25-8-6-12(7-9-25)10-21-14-5-4-13(23-24-14)17(18,19)20/h4-5,12H,6-11H2,1-3H3,(H,21,24)(H,22,26). The van der Waals surface area contributed by atoms with Crippen LogP contribution in [-0.2, 0) is 11.0 Å². The summed E-state index contributed by atoms with van der Waals surface area (Å²) in [5.41, 5.74) is -1.23. The second kappa shape index (κ2) is 8.20. The fraction of sp³-hybridized carbons (Fsp3) is 0.706. The summed E-state index contributed by atoms with van der Waals surface area (Å²) >= 11 is 0. The van der Waals surface area contributed by atoms with Crippen LogP contribution in [0.5, 0.6) is 0 Å². The maximum Gasteiger partial charge on any atom is 0.435 e. The van der Waals surface area contributed by atoms with Gasteiger partial charge in [-0.05, 0) is 64.8 Å². The Morgan fingerprint density at radius 1 is 1.19 bits per heavy atom. The van der Waals surface area contributed by atoms with Crippen molar-refractivity contribution in [3.8, 4) is 0 Å². The monoisotopic (exact) mass is 373 g/mol. The number of carbonyl (C=O) groups excluding carboxylic acids is 1. The molecule has 0 aliphatic carbocycles. The van der Waals surface area contributed by atoms with Gasteiger partial charge in [-0.1, -0.05) is 0 Å². The van der Waals surface area contributed by atoms with Gasteiger partial charge in [0.2, 0.25) is 5.91 Å². The molecule has 6 nitrogen and oxygen atoms in total. The average molecular weight is 373 g/mol. The number of aromatic nitrogens is 2. The Morgan fingerprint density at radius 3 is 2.35 bits per heavy atom. The quantitative estimate of drug-likeness (QED) is 0.830. The number of rotatable bonds is 5. The van der Waals surface area contributed by atoms with E-state index in [4.69, 9.17) is 0 Å². The van der Waals surface area contributed by atoms with Crippen LogP contribution < -0.4 is 10.6 Å². The number of anilines is 1. The van der Waals surface area contributed by atoms with E-state index in [0.29, 0.717) is 24.8 Å². The zero-order valence-corrected chi connectivity index (χ0v) is 15.4. The molecule has 1 aliphatic heterocycles. The van der Waals surface area contributed by atoms with Crippen LogP contribution >= 0.6 is 0 Å². The SMILES string of the molecule is CC(C)(C)NC(=O)CN1CCC(CNc2ccc(C(F)(F)F)nn2)CC1. The molecule has 1 saturated heterocycles. The van der Waals surface area contributed by atoms with E-state index in [9.17, 15) is 18.0 Å². The normalized spacial score (nSPS) is 17.2. The van der Waals surface area contributed by atoms with Gasteiger partial charge in [0, 0.05) is 12.1 Å². The number of piperidine rings is 1. The molecule has 1 fully saturated rings. The number of amides is 1. The summed E-state index contributed by atoms with van der Waals surface area (Å²) in [5, 5.41) is 12.8. The second-order valence-corrected chi connectivity index (χ2v) is 7.70. The molecular weight excluding hydrogens is 347 g/mol. The van der Waals surface area contributed by atoms with E-state index in [1.54, 1.807) is 0 Å². The predicted octanol–water partition coefficient (Wildman–Crippen LogP) is 2.53. The first-order valence-electron chi connectivity index (χ1n) is 8.71. The first-order chi connectivity index (χ1) is 12.0. The molecule has 9 heteroatoms. The molecule has 0 atom stereocenters. The topological polar surface area (TPSA) is 70.2 Å². The van der Waals surface area contributed by atoms with Gasteiger partial charge in [-0.25, -0.2) is 0 Å². The fourth-order valence-electron chi connectivity index (χ4n) is 2.84. The van der Waals surface area contributed by atoms with Crippen molar-refractivity contribution in [1.29, 1.82) is 0 Å². The summed E-state index contributed by atoms with van der Waals surface area (Å²) in [6.07, 6.45) is -2.63. The number of halogens is 3. The summed E-state index contributed by atoms with van der Waals surface area (Å²) in [4.78, 5) is 14.1. The molecule has 0 bridgehead atoms. The van der Waals surface area contributed by atoms with Gasteiger partial charge >= 0.3 is 6.18 Å². The van der Waals surface area contributed by atoms with E-state index in [0.717, 1.165) is 32.0 Å². The van der Waals surface area contributed by atoms with Crippen LogP contribution in [0.1, 0.15) is 39.3 Å². The molecule has 1 aromatic rings. The van der Waals surface area contributed by atoms with E-state index in [-0.39, 0.29) is 11.4 Å². The highest BCUT2D eigenvalue weighted by atomic mass is 19.4. The van der Waals surface area contributed by atoms with Crippen LogP contribution in [0.4, 0.5) is 19.0 Å². The van der Waals surface area contributed by atoms with Gasteiger partial charge in [0.25, 0.3) is 0 Å². The third-order valence-electron chi connectivity index (χ3n) is 4.12. The molecule has 1 amide bonds. The molecule has 0 unspecified atom stereocenters. The van der Waals surface area contributed by atoms with Crippen molar-refractivity contribution < 1.29 is 18.0 Å². The van der Waals surface area contributed by atoms with Crippen LogP contribution in [-0.4, -0.2) is 52.7 Å². The summed E-state index contributed by atoms with van der Waals surface area (Å²) in [6, 6.07) is 2.22. The highest BCUT2D eigenvalue weighted by molar-refractivity contribution is 5.78. The molecule has 0 spiro atoms. The second-order valence-electron chi connectivity index (χ2n) is 7.70. The Balaban J connectivity index is 1.71.